The maximum Gasteiger partial charge on any atom is 0.247 e. The number of benzene rings is 1. The van der Waals surface area contributed by atoms with Crippen LogP contribution in [-0.4, -0.2) is 24.4 Å². The molecule has 6 heteroatoms. The van der Waals surface area contributed by atoms with Gasteiger partial charge in [0, 0.05) is 15.7 Å². The van der Waals surface area contributed by atoms with E-state index in [2.05, 4.69) is 5.32 Å². The van der Waals surface area contributed by atoms with Gasteiger partial charge in [-0.25, -0.2) is 0 Å². The van der Waals surface area contributed by atoms with Crippen molar-refractivity contribution in [1.82, 2.24) is 5.32 Å². The topological polar surface area (TPSA) is 49.4 Å². The molecule has 1 aromatic carbocycles. The number of amides is 2. The largest absolute Gasteiger partial charge is 0.345 e. The molecule has 2 rings (SSSR count). The number of anilines is 1. The Morgan fingerprint density at radius 1 is 1.21 bits per heavy atom. The zero-order valence-corrected chi connectivity index (χ0v) is 12.1. The summed E-state index contributed by atoms with van der Waals surface area (Å²) in [5.74, 6) is -0.343. The van der Waals surface area contributed by atoms with Crippen LogP contribution in [0.1, 0.15) is 13.8 Å². The Morgan fingerprint density at radius 2 is 1.79 bits per heavy atom. The average Bonchev–Trinajstić information content (AvgIpc) is 2.29. The number of nitrogens with zero attached hydrogens (tertiary/aromatic N) is 1. The zero-order chi connectivity index (χ0) is 14.2. The first kappa shape index (κ1) is 14.2. The molecule has 1 unspecified atom stereocenters. The van der Waals surface area contributed by atoms with Gasteiger partial charge in [-0.15, -0.1) is 0 Å². The Balaban J connectivity index is 2.48. The first-order valence-electron chi connectivity index (χ1n) is 5.96. The van der Waals surface area contributed by atoms with Gasteiger partial charge in [-0.05, 0) is 24.1 Å². The lowest BCUT2D eigenvalue weighted by atomic mass is 9.98. The van der Waals surface area contributed by atoms with Crippen LogP contribution in [0.4, 0.5) is 5.69 Å². The summed E-state index contributed by atoms with van der Waals surface area (Å²) in [5.41, 5.74) is 0.552. The Morgan fingerprint density at radius 3 is 2.32 bits per heavy atom. The van der Waals surface area contributed by atoms with Crippen LogP contribution >= 0.6 is 23.2 Å². The first-order chi connectivity index (χ1) is 8.90. The molecule has 1 atom stereocenters. The minimum atomic E-state index is -0.546. The van der Waals surface area contributed by atoms with Gasteiger partial charge >= 0.3 is 0 Å². The summed E-state index contributed by atoms with van der Waals surface area (Å²) in [7, 11) is 0. The molecule has 1 saturated heterocycles. The summed E-state index contributed by atoms with van der Waals surface area (Å²) in [6.07, 6.45) is 0. The van der Waals surface area contributed by atoms with E-state index in [1.807, 2.05) is 13.8 Å². The number of nitrogens with one attached hydrogen (secondary N) is 1. The maximum absolute atomic E-state index is 12.1. The van der Waals surface area contributed by atoms with Crippen LogP contribution in [0.5, 0.6) is 0 Å². The van der Waals surface area contributed by atoms with Crippen molar-refractivity contribution in [2.75, 3.05) is 11.4 Å². The summed E-state index contributed by atoms with van der Waals surface area (Å²) in [6.45, 7) is 3.77. The fraction of sp³-hybridized carbons (Fsp3) is 0.385. The minimum absolute atomic E-state index is 0.00775. The van der Waals surface area contributed by atoms with Crippen molar-refractivity contribution in [2.45, 2.75) is 19.9 Å². The smallest absolute Gasteiger partial charge is 0.247 e. The summed E-state index contributed by atoms with van der Waals surface area (Å²) in [6, 6.07) is 4.32. The van der Waals surface area contributed by atoms with Gasteiger partial charge in [-0.2, -0.15) is 0 Å². The van der Waals surface area contributed by atoms with Gasteiger partial charge in [-0.1, -0.05) is 37.0 Å². The highest BCUT2D eigenvalue weighted by molar-refractivity contribution is 6.35. The maximum atomic E-state index is 12.1. The van der Waals surface area contributed by atoms with Crippen molar-refractivity contribution in [3.63, 3.8) is 0 Å². The van der Waals surface area contributed by atoms with E-state index in [0.29, 0.717) is 15.7 Å². The molecule has 1 aliphatic heterocycles. The first-order valence-corrected chi connectivity index (χ1v) is 6.71. The van der Waals surface area contributed by atoms with Crippen molar-refractivity contribution in [2.24, 2.45) is 5.92 Å². The van der Waals surface area contributed by atoms with E-state index < -0.39 is 6.04 Å². The molecule has 4 nitrogen and oxygen atoms in total. The van der Waals surface area contributed by atoms with Gasteiger partial charge in [-0.3, -0.25) is 14.5 Å². The molecule has 1 heterocycles. The van der Waals surface area contributed by atoms with Crippen LogP contribution in [0.25, 0.3) is 0 Å². The summed E-state index contributed by atoms with van der Waals surface area (Å²) in [4.78, 5) is 25.5. The van der Waals surface area contributed by atoms with Crippen LogP contribution in [0, 0.1) is 5.92 Å². The second-order valence-corrected chi connectivity index (χ2v) is 5.67. The summed E-state index contributed by atoms with van der Waals surface area (Å²) in [5, 5.41) is 3.46. The molecule has 102 valence electrons. The Bertz CT molecular complexity index is 511. The van der Waals surface area contributed by atoms with Crippen molar-refractivity contribution < 1.29 is 9.59 Å². The van der Waals surface area contributed by atoms with Crippen LogP contribution in [-0.2, 0) is 9.59 Å². The normalized spacial score (nSPS) is 19.8. The monoisotopic (exact) mass is 300 g/mol. The van der Waals surface area contributed by atoms with Gasteiger partial charge in [0.15, 0.2) is 0 Å². The van der Waals surface area contributed by atoms with Crippen LogP contribution in [0.15, 0.2) is 18.2 Å². The fourth-order valence-electron chi connectivity index (χ4n) is 2.21. The third-order valence-corrected chi connectivity index (χ3v) is 3.42. The van der Waals surface area contributed by atoms with Gasteiger partial charge in [0.05, 0.1) is 6.54 Å². The number of halogens is 2. The number of rotatable bonds is 2. The Hall–Kier alpha value is -1.26. The van der Waals surface area contributed by atoms with E-state index in [1.54, 1.807) is 18.2 Å². The molecular formula is C13H14Cl2N2O2. The van der Waals surface area contributed by atoms with Gasteiger partial charge in [0.25, 0.3) is 0 Å². The van der Waals surface area contributed by atoms with Crippen LogP contribution in [0.2, 0.25) is 10.0 Å². The zero-order valence-electron chi connectivity index (χ0n) is 10.6. The highest BCUT2D eigenvalue weighted by Gasteiger charge is 2.37. The molecule has 1 aliphatic rings. The molecule has 0 aromatic heterocycles. The molecule has 2 amide bonds. The highest BCUT2D eigenvalue weighted by Crippen LogP contribution is 2.29. The number of hydrogen-bond donors (Lipinski definition) is 1. The van der Waals surface area contributed by atoms with E-state index in [-0.39, 0.29) is 24.3 Å². The van der Waals surface area contributed by atoms with Crippen molar-refractivity contribution in [3.8, 4) is 0 Å². The third-order valence-electron chi connectivity index (χ3n) is 2.99. The second kappa shape index (κ2) is 5.39. The number of carbonyl (C=O) groups excluding carboxylic acids is 2. The number of piperazine rings is 1. The van der Waals surface area contributed by atoms with Crippen molar-refractivity contribution in [3.05, 3.63) is 28.2 Å². The number of carbonyl (C=O) groups is 2. The van der Waals surface area contributed by atoms with Gasteiger partial charge in [0.1, 0.15) is 6.04 Å². The Labute approximate surface area is 121 Å². The highest BCUT2D eigenvalue weighted by atomic mass is 35.5. The Kier molecular flexibility index (Phi) is 4.02. The molecule has 0 radical (unpaired) electrons. The predicted octanol–water partition coefficient (Wildman–Crippen LogP) is 2.48. The molecule has 0 aliphatic carbocycles. The van der Waals surface area contributed by atoms with Gasteiger partial charge in [0.2, 0.25) is 11.8 Å². The van der Waals surface area contributed by atoms with E-state index in [9.17, 15) is 9.59 Å². The SMILES string of the molecule is CC(C)C1C(=O)NCC(=O)N1c1cc(Cl)cc(Cl)c1. The molecular weight excluding hydrogens is 287 g/mol. The van der Waals surface area contributed by atoms with E-state index >= 15 is 0 Å². The van der Waals surface area contributed by atoms with E-state index in [0.717, 1.165) is 0 Å². The number of hydrogen-bond acceptors (Lipinski definition) is 2. The lowest BCUT2D eigenvalue weighted by Gasteiger charge is -2.37. The molecule has 1 fully saturated rings. The van der Waals surface area contributed by atoms with Crippen LogP contribution in [0.3, 0.4) is 0 Å². The molecule has 0 spiro atoms. The molecule has 0 saturated carbocycles. The van der Waals surface area contributed by atoms with Crippen molar-refractivity contribution in [1.29, 1.82) is 0 Å². The average molecular weight is 301 g/mol. The lowest BCUT2D eigenvalue weighted by Crippen LogP contribution is -2.60. The molecule has 1 N–H and O–H groups in total. The van der Waals surface area contributed by atoms with E-state index in [1.165, 1.54) is 4.90 Å². The lowest BCUT2D eigenvalue weighted by molar-refractivity contribution is -0.131. The molecule has 0 bridgehead atoms. The standard InChI is InChI=1S/C13H14Cl2N2O2/c1-7(2)12-13(19)16-6-11(18)17(12)10-4-8(14)3-9(15)5-10/h3-5,7,12H,6H2,1-2H3,(H,16,19). The summed E-state index contributed by atoms with van der Waals surface area (Å²) >= 11 is 11.9. The predicted molar refractivity (Wildman–Crippen MR) is 75.6 cm³/mol. The second-order valence-electron chi connectivity index (χ2n) is 4.80. The van der Waals surface area contributed by atoms with Crippen LogP contribution < -0.4 is 10.2 Å². The fourth-order valence-corrected chi connectivity index (χ4v) is 2.72. The quantitative estimate of drug-likeness (QED) is 0.912. The summed E-state index contributed by atoms with van der Waals surface area (Å²) < 4.78 is 0. The molecule has 1 aromatic rings. The third kappa shape index (κ3) is 2.85. The minimum Gasteiger partial charge on any atom is -0.345 e. The van der Waals surface area contributed by atoms with E-state index in [4.69, 9.17) is 23.2 Å². The van der Waals surface area contributed by atoms with Gasteiger partial charge < -0.3 is 5.32 Å². The molecule has 19 heavy (non-hydrogen) atoms. The van der Waals surface area contributed by atoms with Crippen molar-refractivity contribution >= 4 is 40.7 Å².